The molecule has 0 bridgehead atoms. The number of carbonyl (C=O) groups excluding carboxylic acids is 1. The second-order valence-corrected chi connectivity index (χ2v) is 9.45. The van der Waals surface area contributed by atoms with Crippen molar-refractivity contribution in [3.8, 4) is 0 Å². The molecule has 0 atom stereocenters. The third-order valence-electron chi connectivity index (χ3n) is 7.11. The Hall–Kier alpha value is -3.12. The number of amides is 1. The fraction of sp³-hybridized carbons (Fsp3) is 0.429. The standard InChI is InChI=1S/C28H33N3O3/c1-19-26(24-9-5-6-10-25(24)29-19)28(32)30-22-13-11-21(12-14-22)27(20-7-3-2-4-8-20)31-34-23-15-17-33-18-16-23/h2-10,21-23,29H,11-18H2,1H3,(H,30,32)/b31-27+. The van der Waals surface area contributed by atoms with Crippen LogP contribution in [0.15, 0.2) is 59.8 Å². The molecule has 2 aromatic carbocycles. The second-order valence-electron chi connectivity index (χ2n) is 9.45. The molecule has 2 fully saturated rings. The van der Waals surface area contributed by atoms with Gasteiger partial charge in [-0.25, -0.2) is 0 Å². The van der Waals surface area contributed by atoms with Crippen LogP contribution in [0.3, 0.4) is 0 Å². The number of hydrogen-bond donors (Lipinski definition) is 2. The first kappa shape index (κ1) is 22.7. The van der Waals surface area contributed by atoms with Crippen molar-refractivity contribution in [1.29, 1.82) is 0 Å². The Bertz CT molecular complexity index is 1140. The lowest BCUT2D eigenvalue weighted by molar-refractivity contribution is -0.0304. The normalized spacial score (nSPS) is 22.0. The van der Waals surface area contributed by atoms with Gasteiger partial charge in [-0.3, -0.25) is 4.79 Å². The van der Waals surface area contributed by atoms with E-state index in [1.165, 1.54) is 0 Å². The average Bonchev–Trinajstić information content (AvgIpc) is 3.22. The van der Waals surface area contributed by atoms with Crippen molar-refractivity contribution < 1.29 is 14.4 Å². The average molecular weight is 460 g/mol. The summed E-state index contributed by atoms with van der Waals surface area (Å²) in [5.74, 6) is 0.336. The summed E-state index contributed by atoms with van der Waals surface area (Å²) in [6.45, 7) is 3.44. The molecule has 1 saturated carbocycles. The van der Waals surface area contributed by atoms with Gasteiger partial charge in [0.25, 0.3) is 5.91 Å². The molecule has 1 aliphatic heterocycles. The van der Waals surface area contributed by atoms with E-state index in [0.29, 0.717) is 5.92 Å². The van der Waals surface area contributed by atoms with Crippen LogP contribution in [0.4, 0.5) is 0 Å². The number of hydrogen-bond acceptors (Lipinski definition) is 4. The predicted octanol–water partition coefficient (Wildman–Crippen LogP) is 5.36. The molecule has 1 aromatic heterocycles. The molecule has 0 radical (unpaired) electrons. The highest BCUT2D eigenvalue weighted by molar-refractivity contribution is 6.08. The SMILES string of the molecule is Cc1[nH]c2ccccc2c1C(=O)NC1CCC(/C(=N/OC2CCOCC2)c2ccccc2)CC1. The predicted molar refractivity (Wildman–Crippen MR) is 134 cm³/mol. The molecule has 1 aliphatic carbocycles. The van der Waals surface area contributed by atoms with Crippen molar-refractivity contribution in [2.45, 2.75) is 57.6 Å². The zero-order chi connectivity index (χ0) is 23.3. The maximum Gasteiger partial charge on any atom is 0.253 e. The van der Waals surface area contributed by atoms with Gasteiger partial charge in [0, 0.05) is 41.4 Å². The molecular weight excluding hydrogens is 426 g/mol. The molecule has 2 N–H and O–H groups in total. The molecule has 178 valence electrons. The summed E-state index contributed by atoms with van der Waals surface area (Å²) in [6, 6.07) is 18.5. The number of oxime groups is 1. The topological polar surface area (TPSA) is 75.7 Å². The molecule has 0 unspecified atom stereocenters. The van der Waals surface area contributed by atoms with E-state index in [4.69, 9.17) is 9.57 Å². The zero-order valence-corrected chi connectivity index (χ0v) is 19.8. The number of benzene rings is 2. The van der Waals surface area contributed by atoms with Gasteiger partial charge >= 0.3 is 0 Å². The summed E-state index contributed by atoms with van der Waals surface area (Å²) < 4.78 is 5.44. The van der Waals surface area contributed by atoms with Crippen molar-refractivity contribution in [3.05, 3.63) is 71.4 Å². The van der Waals surface area contributed by atoms with Crippen LogP contribution < -0.4 is 5.32 Å². The number of H-pyrrole nitrogens is 1. The number of aryl methyl sites for hydroxylation is 1. The van der Waals surface area contributed by atoms with Gasteiger partial charge in [0.2, 0.25) is 0 Å². The molecule has 0 spiro atoms. The van der Waals surface area contributed by atoms with Crippen LogP contribution >= 0.6 is 0 Å². The summed E-state index contributed by atoms with van der Waals surface area (Å²) in [5.41, 5.74) is 4.83. The minimum absolute atomic E-state index is 0.0122. The summed E-state index contributed by atoms with van der Waals surface area (Å²) in [5, 5.41) is 8.96. The monoisotopic (exact) mass is 459 g/mol. The van der Waals surface area contributed by atoms with Crippen LogP contribution in [0, 0.1) is 12.8 Å². The van der Waals surface area contributed by atoms with Crippen molar-refractivity contribution in [2.75, 3.05) is 13.2 Å². The highest BCUT2D eigenvalue weighted by Gasteiger charge is 2.28. The fourth-order valence-corrected chi connectivity index (χ4v) is 5.22. The van der Waals surface area contributed by atoms with E-state index in [9.17, 15) is 4.79 Å². The Balaban J connectivity index is 1.25. The lowest BCUT2D eigenvalue weighted by Gasteiger charge is -2.30. The minimum atomic E-state index is 0.0122. The van der Waals surface area contributed by atoms with Gasteiger partial charge in [-0.05, 0) is 44.2 Å². The Morgan fingerprint density at radius 2 is 1.68 bits per heavy atom. The number of nitrogens with zero attached hydrogens (tertiary/aromatic N) is 1. The van der Waals surface area contributed by atoms with Crippen molar-refractivity contribution in [3.63, 3.8) is 0 Å². The lowest BCUT2D eigenvalue weighted by atomic mass is 9.81. The summed E-state index contributed by atoms with van der Waals surface area (Å²) in [6.07, 6.45) is 5.71. The van der Waals surface area contributed by atoms with Crippen molar-refractivity contribution in [2.24, 2.45) is 11.1 Å². The van der Waals surface area contributed by atoms with Gasteiger partial charge in [-0.15, -0.1) is 0 Å². The van der Waals surface area contributed by atoms with E-state index in [-0.39, 0.29) is 18.1 Å². The maximum atomic E-state index is 13.1. The molecule has 2 aliphatic rings. The number of nitrogens with one attached hydrogen (secondary N) is 2. The summed E-state index contributed by atoms with van der Waals surface area (Å²) in [4.78, 5) is 22.4. The first-order valence-corrected chi connectivity index (χ1v) is 12.4. The summed E-state index contributed by atoms with van der Waals surface area (Å²) in [7, 11) is 0. The number of fused-ring (bicyclic) bond motifs is 1. The Kier molecular flexibility index (Phi) is 6.95. The third kappa shape index (κ3) is 5.02. The molecule has 6 nitrogen and oxygen atoms in total. The van der Waals surface area contributed by atoms with Gasteiger partial charge < -0.3 is 19.9 Å². The summed E-state index contributed by atoms with van der Waals surface area (Å²) >= 11 is 0. The molecule has 5 rings (SSSR count). The molecule has 1 saturated heterocycles. The largest absolute Gasteiger partial charge is 0.392 e. The molecule has 34 heavy (non-hydrogen) atoms. The fourth-order valence-electron chi connectivity index (χ4n) is 5.22. The van der Waals surface area contributed by atoms with E-state index in [1.54, 1.807) is 0 Å². The highest BCUT2D eigenvalue weighted by Crippen LogP contribution is 2.30. The first-order valence-electron chi connectivity index (χ1n) is 12.4. The van der Waals surface area contributed by atoms with Gasteiger partial charge in [-0.2, -0.15) is 0 Å². The quantitative estimate of drug-likeness (QED) is 0.385. The number of aromatic amines is 1. The third-order valence-corrected chi connectivity index (χ3v) is 7.11. The Morgan fingerprint density at radius 3 is 2.44 bits per heavy atom. The van der Waals surface area contributed by atoms with Crippen LogP contribution in [-0.4, -0.2) is 42.0 Å². The van der Waals surface area contributed by atoms with Crippen LogP contribution in [0.5, 0.6) is 0 Å². The zero-order valence-electron chi connectivity index (χ0n) is 19.8. The van der Waals surface area contributed by atoms with E-state index < -0.39 is 0 Å². The smallest absolute Gasteiger partial charge is 0.253 e. The van der Waals surface area contributed by atoms with Crippen molar-refractivity contribution in [1.82, 2.24) is 10.3 Å². The number of para-hydroxylation sites is 1. The van der Waals surface area contributed by atoms with Gasteiger partial charge in [0.1, 0.15) is 6.10 Å². The number of carbonyl (C=O) groups is 1. The highest BCUT2D eigenvalue weighted by atomic mass is 16.6. The lowest BCUT2D eigenvalue weighted by Crippen LogP contribution is -2.39. The van der Waals surface area contributed by atoms with E-state index in [2.05, 4.69) is 39.7 Å². The molecule has 3 aromatic rings. The van der Waals surface area contributed by atoms with Gasteiger partial charge in [0.05, 0.1) is 24.5 Å². The van der Waals surface area contributed by atoms with E-state index in [0.717, 1.165) is 85.2 Å². The first-order chi connectivity index (χ1) is 16.7. The van der Waals surface area contributed by atoms with Crippen LogP contribution in [0.1, 0.15) is 60.1 Å². The Labute approximate surface area is 200 Å². The van der Waals surface area contributed by atoms with E-state index >= 15 is 0 Å². The molecule has 6 heteroatoms. The number of rotatable bonds is 6. The Morgan fingerprint density at radius 1 is 0.971 bits per heavy atom. The van der Waals surface area contributed by atoms with Crippen LogP contribution in [-0.2, 0) is 9.57 Å². The molecule has 1 amide bonds. The number of ether oxygens (including phenoxy) is 1. The molecule has 2 heterocycles. The second kappa shape index (κ2) is 10.4. The van der Waals surface area contributed by atoms with E-state index in [1.807, 2.05) is 37.3 Å². The maximum absolute atomic E-state index is 13.1. The molecular formula is C28H33N3O3. The van der Waals surface area contributed by atoms with Crippen molar-refractivity contribution >= 4 is 22.5 Å². The van der Waals surface area contributed by atoms with Gasteiger partial charge in [-0.1, -0.05) is 53.7 Å². The van der Waals surface area contributed by atoms with Crippen LogP contribution in [0.2, 0.25) is 0 Å². The number of aromatic nitrogens is 1. The van der Waals surface area contributed by atoms with Crippen LogP contribution in [0.25, 0.3) is 10.9 Å². The minimum Gasteiger partial charge on any atom is -0.392 e. The van der Waals surface area contributed by atoms with Gasteiger partial charge in [0.15, 0.2) is 0 Å².